The zero-order chi connectivity index (χ0) is 12.2. The van der Waals surface area contributed by atoms with Crippen molar-refractivity contribution in [2.45, 2.75) is 78.6 Å². The van der Waals surface area contributed by atoms with E-state index in [1.54, 1.807) is 0 Å². The summed E-state index contributed by atoms with van der Waals surface area (Å²) in [5, 5.41) is 3.57. The fourth-order valence-corrected chi connectivity index (χ4v) is 2.38. The van der Waals surface area contributed by atoms with Crippen molar-refractivity contribution in [3.8, 4) is 0 Å². The van der Waals surface area contributed by atoms with E-state index in [0.29, 0.717) is 23.7 Å². The smallest absolute Gasteiger partial charge is 0.0585 e. The van der Waals surface area contributed by atoms with Gasteiger partial charge in [0.15, 0.2) is 0 Å². The molecule has 1 fully saturated rings. The van der Waals surface area contributed by atoms with Gasteiger partial charge in [-0.1, -0.05) is 27.7 Å². The first-order chi connectivity index (χ1) is 7.45. The largest absolute Gasteiger partial charge is 0.375 e. The second-order valence-electron chi connectivity index (χ2n) is 6.05. The van der Waals surface area contributed by atoms with Crippen LogP contribution in [0.3, 0.4) is 0 Å². The van der Waals surface area contributed by atoms with Gasteiger partial charge in [-0.25, -0.2) is 0 Å². The molecule has 1 rings (SSSR count). The molecule has 1 N–H and O–H groups in total. The maximum absolute atomic E-state index is 5.94. The lowest BCUT2D eigenvalue weighted by Gasteiger charge is -2.32. The van der Waals surface area contributed by atoms with Gasteiger partial charge in [0.05, 0.1) is 12.2 Å². The van der Waals surface area contributed by atoms with Gasteiger partial charge in [-0.05, 0) is 38.0 Å². The van der Waals surface area contributed by atoms with Crippen molar-refractivity contribution in [3.63, 3.8) is 0 Å². The topological polar surface area (TPSA) is 21.3 Å². The van der Waals surface area contributed by atoms with E-state index in [2.05, 4.69) is 39.9 Å². The Labute approximate surface area is 101 Å². The summed E-state index contributed by atoms with van der Waals surface area (Å²) in [4.78, 5) is 0. The van der Waals surface area contributed by atoms with Crippen LogP contribution in [0.1, 0.15) is 60.3 Å². The average molecular weight is 227 g/mol. The molecule has 0 spiro atoms. The summed E-state index contributed by atoms with van der Waals surface area (Å²) in [5.74, 6) is 0. The van der Waals surface area contributed by atoms with E-state index in [1.807, 2.05) is 0 Å². The summed E-state index contributed by atoms with van der Waals surface area (Å²) in [5.41, 5.74) is 0.388. The van der Waals surface area contributed by atoms with Gasteiger partial charge in [0.2, 0.25) is 0 Å². The molecule has 16 heavy (non-hydrogen) atoms. The van der Waals surface area contributed by atoms with Gasteiger partial charge in [-0.2, -0.15) is 0 Å². The Kier molecular flexibility index (Phi) is 5.26. The molecule has 3 atom stereocenters. The number of hydrogen-bond acceptors (Lipinski definition) is 2. The predicted molar refractivity (Wildman–Crippen MR) is 69.7 cm³/mol. The van der Waals surface area contributed by atoms with Crippen LogP contribution in [-0.4, -0.2) is 24.8 Å². The summed E-state index contributed by atoms with van der Waals surface area (Å²) in [6, 6.07) is 0.578. The first kappa shape index (κ1) is 14.0. The molecule has 1 heterocycles. The molecule has 0 aromatic rings. The number of hydrogen-bond donors (Lipinski definition) is 1. The lowest BCUT2D eigenvalue weighted by molar-refractivity contribution is 0.0237. The van der Waals surface area contributed by atoms with E-state index in [9.17, 15) is 0 Å². The quantitative estimate of drug-likeness (QED) is 0.751. The summed E-state index contributed by atoms with van der Waals surface area (Å²) in [7, 11) is 0. The highest BCUT2D eigenvalue weighted by molar-refractivity contribution is 4.83. The van der Waals surface area contributed by atoms with Crippen LogP contribution in [0.25, 0.3) is 0 Å². The summed E-state index contributed by atoms with van der Waals surface area (Å²) >= 11 is 0. The molecule has 0 radical (unpaired) electrons. The van der Waals surface area contributed by atoms with Gasteiger partial charge in [0.25, 0.3) is 0 Å². The van der Waals surface area contributed by atoms with E-state index >= 15 is 0 Å². The molecule has 1 aliphatic rings. The van der Waals surface area contributed by atoms with E-state index < -0.39 is 0 Å². The van der Waals surface area contributed by atoms with Crippen molar-refractivity contribution in [2.75, 3.05) is 6.54 Å². The van der Waals surface area contributed by atoms with Crippen LogP contribution < -0.4 is 5.32 Å². The standard InChI is InChI=1S/C14H29NO/c1-6-14(5,10-15-11(2)3)9-13-8-7-12(4)16-13/h11-13,15H,6-10H2,1-5H3. The summed E-state index contributed by atoms with van der Waals surface area (Å²) in [6.07, 6.45) is 5.88. The normalized spacial score (nSPS) is 29.6. The van der Waals surface area contributed by atoms with Gasteiger partial charge in [-0.3, -0.25) is 0 Å². The third kappa shape index (κ3) is 4.42. The highest BCUT2D eigenvalue weighted by Crippen LogP contribution is 2.33. The van der Waals surface area contributed by atoms with Crippen LogP contribution in [0.5, 0.6) is 0 Å². The van der Waals surface area contributed by atoms with Gasteiger partial charge < -0.3 is 10.1 Å². The highest BCUT2D eigenvalue weighted by atomic mass is 16.5. The SMILES string of the molecule is CCC(C)(CNC(C)C)CC1CCC(C)O1. The van der Waals surface area contributed by atoms with E-state index in [1.165, 1.54) is 25.7 Å². The molecule has 0 amide bonds. The maximum atomic E-state index is 5.94. The Morgan fingerprint density at radius 1 is 1.38 bits per heavy atom. The molecule has 1 saturated heterocycles. The predicted octanol–water partition coefficient (Wildman–Crippen LogP) is 3.36. The van der Waals surface area contributed by atoms with Crippen LogP contribution in [0.2, 0.25) is 0 Å². The van der Waals surface area contributed by atoms with E-state index in [-0.39, 0.29) is 0 Å². The fourth-order valence-electron chi connectivity index (χ4n) is 2.38. The molecular formula is C14H29NO. The molecule has 96 valence electrons. The van der Waals surface area contributed by atoms with Gasteiger partial charge in [0, 0.05) is 12.6 Å². The van der Waals surface area contributed by atoms with Crippen molar-refractivity contribution in [2.24, 2.45) is 5.41 Å². The number of nitrogens with one attached hydrogen (secondary N) is 1. The Hall–Kier alpha value is -0.0800. The van der Waals surface area contributed by atoms with Crippen molar-refractivity contribution < 1.29 is 4.74 Å². The Morgan fingerprint density at radius 2 is 2.06 bits per heavy atom. The van der Waals surface area contributed by atoms with Crippen LogP contribution in [0, 0.1) is 5.41 Å². The molecule has 1 aliphatic heterocycles. The monoisotopic (exact) mass is 227 g/mol. The van der Waals surface area contributed by atoms with Crippen molar-refractivity contribution in [3.05, 3.63) is 0 Å². The minimum absolute atomic E-state index is 0.388. The minimum atomic E-state index is 0.388. The van der Waals surface area contributed by atoms with Gasteiger partial charge >= 0.3 is 0 Å². The molecule has 3 unspecified atom stereocenters. The first-order valence-electron chi connectivity index (χ1n) is 6.84. The fraction of sp³-hybridized carbons (Fsp3) is 1.00. The molecule has 0 bridgehead atoms. The molecule has 2 heteroatoms. The third-order valence-corrected chi connectivity index (χ3v) is 3.83. The Bertz CT molecular complexity index is 205. The van der Waals surface area contributed by atoms with Crippen molar-refractivity contribution >= 4 is 0 Å². The lowest BCUT2D eigenvalue weighted by atomic mass is 9.81. The number of rotatable bonds is 6. The van der Waals surface area contributed by atoms with Crippen molar-refractivity contribution in [1.82, 2.24) is 5.32 Å². The average Bonchev–Trinajstić information content (AvgIpc) is 2.61. The minimum Gasteiger partial charge on any atom is -0.375 e. The van der Waals surface area contributed by atoms with Gasteiger partial charge in [0.1, 0.15) is 0 Å². The molecule has 2 nitrogen and oxygen atoms in total. The molecule has 0 aromatic carbocycles. The maximum Gasteiger partial charge on any atom is 0.0585 e. The van der Waals surface area contributed by atoms with Crippen molar-refractivity contribution in [1.29, 1.82) is 0 Å². The van der Waals surface area contributed by atoms with Crippen LogP contribution in [-0.2, 0) is 4.74 Å². The van der Waals surface area contributed by atoms with E-state index in [4.69, 9.17) is 4.74 Å². The molecular weight excluding hydrogens is 198 g/mol. The van der Waals surface area contributed by atoms with Gasteiger partial charge in [-0.15, -0.1) is 0 Å². The zero-order valence-electron chi connectivity index (χ0n) is 11.7. The Balaban J connectivity index is 2.39. The zero-order valence-corrected chi connectivity index (χ0v) is 11.7. The lowest BCUT2D eigenvalue weighted by Crippen LogP contribution is -2.37. The molecule has 0 aromatic heterocycles. The Morgan fingerprint density at radius 3 is 2.50 bits per heavy atom. The first-order valence-corrected chi connectivity index (χ1v) is 6.84. The van der Waals surface area contributed by atoms with Crippen LogP contribution in [0.15, 0.2) is 0 Å². The van der Waals surface area contributed by atoms with E-state index in [0.717, 1.165) is 6.54 Å². The highest BCUT2D eigenvalue weighted by Gasteiger charge is 2.30. The second kappa shape index (κ2) is 6.02. The van der Waals surface area contributed by atoms with Crippen LogP contribution in [0.4, 0.5) is 0 Å². The second-order valence-corrected chi connectivity index (χ2v) is 6.05. The molecule has 0 aliphatic carbocycles. The third-order valence-electron chi connectivity index (χ3n) is 3.83. The summed E-state index contributed by atoms with van der Waals surface area (Å²) in [6.45, 7) is 12.4. The number of ether oxygens (including phenoxy) is 1. The summed E-state index contributed by atoms with van der Waals surface area (Å²) < 4.78 is 5.94. The molecule has 0 saturated carbocycles. The van der Waals surface area contributed by atoms with Crippen LogP contribution >= 0.6 is 0 Å².